The number of aliphatic imine (C=N–C) groups is 1. The fraction of sp³-hybridized carbons (Fsp3) is 0.304. The van der Waals surface area contributed by atoms with Gasteiger partial charge < -0.3 is 5.32 Å². The number of benzene rings is 1. The van der Waals surface area contributed by atoms with Crippen molar-refractivity contribution < 1.29 is 8.42 Å². The third-order valence-electron chi connectivity index (χ3n) is 5.24. The van der Waals surface area contributed by atoms with Gasteiger partial charge in [-0.15, -0.1) is 0 Å². The van der Waals surface area contributed by atoms with Crippen LogP contribution in [0.25, 0.3) is 11.3 Å². The first kappa shape index (κ1) is 21.1. The van der Waals surface area contributed by atoms with Gasteiger partial charge in [0.1, 0.15) is 5.82 Å². The molecule has 0 saturated carbocycles. The van der Waals surface area contributed by atoms with Crippen molar-refractivity contribution >= 4 is 27.8 Å². The van der Waals surface area contributed by atoms with Crippen LogP contribution in [0.5, 0.6) is 0 Å². The van der Waals surface area contributed by atoms with Gasteiger partial charge in [0.2, 0.25) is 5.95 Å². The molecule has 160 valence electrons. The Kier molecular flexibility index (Phi) is 5.35. The molecule has 2 aromatic heterocycles. The van der Waals surface area contributed by atoms with Gasteiger partial charge in [-0.05, 0) is 47.4 Å². The van der Waals surface area contributed by atoms with Gasteiger partial charge in [0.05, 0.1) is 11.4 Å². The van der Waals surface area contributed by atoms with Gasteiger partial charge >= 0.3 is 0 Å². The summed E-state index contributed by atoms with van der Waals surface area (Å²) in [4.78, 5) is 17.8. The second-order valence-corrected chi connectivity index (χ2v) is 10.8. The van der Waals surface area contributed by atoms with Crippen molar-refractivity contribution in [2.45, 2.75) is 31.9 Å². The normalized spacial score (nSPS) is 14.8. The van der Waals surface area contributed by atoms with E-state index in [1.54, 1.807) is 24.5 Å². The highest BCUT2D eigenvalue weighted by molar-refractivity contribution is 7.89. The van der Waals surface area contributed by atoms with E-state index in [1.807, 2.05) is 13.1 Å². The maximum absolute atomic E-state index is 11.6. The minimum Gasteiger partial charge on any atom is -0.309 e. The van der Waals surface area contributed by atoms with Crippen LogP contribution >= 0.6 is 0 Å². The topological polar surface area (TPSA) is 97.2 Å². The number of sulfone groups is 1. The third kappa shape index (κ3) is 4.80. The van der Waals surface area contributed by atoms with Gasteiger partial charge in [-0.3, -0.25) is 4.99 Å². The van der Waals surface area contributed by atoms with Gasteiger partial charge in [-0.2, -0.15) is 0 Å². The first-order valence-corrected chi connectivity index (χ1v) is 12.0. The third-order valence-corrected chi connectivity index (χ3v) is 6.10. The smallest absolute Gasteiger partial charge is 0.228 e. The predicted octanol–water partition coefficient (Wildman–Crippen LogP) is 3.85. The Morgan fingerprint density at radius 3 is 2.71 bits per heavy atom. The Bertz CT molecular complexity index is 1280. The lowest BCUT2D eigenvalue weighted by Gasteiger charge is -2.29. The molecule has 0 fully saturated rings. The monoisotopic (exact) mass is 435 g/mol. The lowest BCUT2D eigenvalue weighted by Crippen LogP contribution is -2.26. The molecule has 1 aliphatic heterocycles. The summed E-state index contributed by atoms with van der Waals surface area (Å²) in [5, 5.41) is 3.10. The molecule has 7 nitrogen and oxygen atoms in total. The Morgan fingerprint density at radius 2 is 1.94 bits per heavy atom. The van der Waals surface area contributed by atoms with Gasteiger partial charge in [0.25, 0.3) is 0 Å². The fourth-order valence-electron chi connectivity index (χ4n) is 3.70. The number of aryl methyl sites for hydroxylation is 1. The number of rotatable bonds is 5. The van der Waals surface area contributed by atoms with Crippen molar-refractivity contribution in [3.63, 3.8) is 0 Å². The minimum atomic E-state index is -3.13. The molecular weight excluding hydrogens is 410 g/mol. The van der Waals surface area contributed by atoms with E-state index in [-0.39, 0.29) is 11.2 Å². The van der Waals surface area contributed by atoms with Crippen LogP contribution < -0.4 is 5.32 Å². The molecule has 3 aromatic rings. The summed E-state index contributed by atoms with van der Waals surface area (Å²) >= 11 is 0. The van der Waals surface area contributed by atoms with Crippen LogP contribution in [-0.2, 0) is 21.0 Å². The minimum absolute atomic E-state index is 0.0356. The molecule has 8 heteroatoms. The summed E-state index contributed by atoms with van der Waals surface area (Å²) in [5.74, 6) is 0.861. The molecule has 1 N–H and O–H groups in total. The molecule has 4 rings (SSSR count). The largest absolute Gasteiger partial charge is 0.309 e. The lowest BCUT2D eigenvalue weighted by molar-refractivity contribution is 0.534. The van der Waals surface area contributed by atoms with Crippen LogP contribution in [0.4, 0.5) is 11.8 Å². The Hall–Kier alpha value is -3.13. The second-order valence-electron chi connectivity index (χ2n) is 8.63. The van der Waals surface area contributed by atoms with E-state index in [4.69, 9.17) is 4.98 Å². The Balaban J connectivity index is 1.66. The quantitative estimate of drug-likeness (QED) is 0.654. The molecule has 0 saturated heterocycles. The number of hydrogen-bond acceptors (Lipinski definition) is 7. The Morgan fingerprint density at radius 1 is 1.13 bits per heavy atom. The zero-order valence-electron chi connectivity index (χ0n) is 18.0. The molecule has 3 heterocycles. The number of hydrogen-bond donors (Lipinski definition) is 1. The summed E-state index contributed by atoms with van der Waals surface area (Å²) in [6.07, 6.45) is 6.49. The zero-order chi connectivity index (χ0) is 22.2. The van der Waals surface area contributed by atoms with E-state index in [0.29, 0.717) is 17.3 Å². The van der Waals surface area contributed by atoms with E-state index in [0.717, 1.165) is 28.9 Å². The van der Waals surface area contributed by atoms with Crippen molar-refractivity contribution in [3.05, 3.63) is 65.0 Å². The van der Waals surface area contributed by atoms with E-state index >= 15 is 0 Å². The molecular formula is C23H25N5O2S. The van der Waals surface area contributed by atoms with E-state index in [1.165, 1.54) is 11.8 Å². The maximum Gasteiger partial charge on any atom is 0.228 e. The molecule has 0 radical (unpaired) electrons. The van der Waals surface area contributed by atoms with Crippen molar-refractivity contribution in [1.29, 1.82) is 0 Å². The predicted molar refractivity (Wildman–Crippen MR) is 124 cm³/mol. The van der Waals surface area contributed by atoms with Crippen LogP contribution in [0.3, 0.4) is 0 Å². The second kappa shape index (κ2) is 7.85. The van der Waals surface area contributed by atoms with Crippen LogP contribution in [0.1, 0.15) is 36.1 Å². The van der Waals surface area contributed by atoms with Crippen molar-refractivity contribution in [2.75, 3.05) is 18.1 Å². The number of nitrogens with one attached hydrogen (secondary N) is 1. The molecule has 0 bridgehead atoms. The SMILES string of the molecule is Cc1cnc(Nc2cc(CS(C)(=O)=O)ccn2)nc1-c1ccc2c(c1)C(C)(C)CN=C2. The van der Waals surface area contributed by atoms with E-state index in [9.17, 15) is 8.42 Å². The highest BCUT2D eigenvalue weighted by Gasteiger charge is 2.26. The number of anilines is 2. The molecule has 0 aliphatic carbocycles. The first-order chi connectivity index (χ1) is 14.6. The van der Waals surface area contributed by atoms with E-state index in [2.05, 4.69) is 52.3 Å². The first-order valence-electron chi connectivity index (χ1n) is 9.99. The zero-order valence-corrected chi connectivity index (χ0v) is 18.9. The summed E-state index contributed by atoms with van der Waals surface area (Å²) in [5.41, 5.74) is 5.83. The molecule has 1 aliphatic rings. The number of pyridine rings is 1. The van der Waals surface area contributed by atoms with Crippen LogP contribution in [0, 0.1) is 6.92 Å². The number of fused-ring (bicyclic) bond motifs is 1. The van der Waals surface area contributed by atoms with Crippen LogP contribution in [0.15, 0.2) is 47.7 Å². The summed E-state index contributed by atoms with van der Waals surface area (Å²) in [6, 6.07) is 9.71. The molecule has 1 aromatic carbocycles. The highest BCUT2D eigenvalue weighted by atomic mass is 32.2. The van der Waals surface area contributed by atoms with Gasteiger partial charge in [-0.25, -0.2) is 23.4 Å². The summed E-state index contributed by atoms with van der Waals surface area (Å²) < 4.78 is 23.2. The van der Waals surface area contributed by atoms with Crippen molar-refractivity contribution in [3.8, 4) is 11.3 Å². The number of aromatic nitrogens is 3. The van der Waals surface area contributed by atoms with Gasteiger partial charge in [-0.1, -0.05) is 26.0 Å². The molecule has 0 atom stereocenters. The van der Waals surface area contributed by atoms with Crippen molar-refractivity contribution in [2.24, 2.45) is 4.99 Å². The van der Waals surface area contributed by atoms with Gasteiger partial charge in [0, 0.05) is 42.4 Å². The maximum atomic E-state index is 11.6. The molecule has 0 unspecified atom stereocenters. The van der Waals surface area contributed by atoms with Crippen molar-refractivity contribution in [1.82, 2.24) is 15.0 Å². The van der Waals surface area contributed by atoms with Crippen LogP contribution in [-0.4, -0.2) is 42.4 Å². The summed E-state index contributed by atoms with van der Waals surface area (Å²) in [7, 11) is -3.13. The fourth-order valence-corrected chi connectivity index (χ4v) is 4.49. The Labute approximate surface area is 182 Å². The average Bonchev–Trinajstić information content (AvgIpc) is 2.68. The van der Waals surface area contributed by atoms with Crippen LogP contribution in [0.2, 0.25) is 0 Å². The molecule has 31 heavy (non-hydrogen) atoms. The molecule has 0 spiro atoms. The van der Waals surface area contributed by atoms with E-state index < -0.39 is 9.84 Å². The number of nitrogens with zero attached hydrogens (tertiary/aromatic N) is 4. The molecule has 0 amide bonds. The highest BCUT2D eigenvalue weighted by Crippen LogP contribution is 2.33. The standard InChI is InChI=1S/C23H25N5O2S/c1-15-11-26-22(27-20-9-16(7-8-25-20)13-31(4,29)30)28-21(15)17-5-6-18-12-24-14-23(2,3)19(18)10-17/h5-12H,13-14H2,1-4H3,(H,25,26,27,28). The summed E-state index contributed by atoms with van der Waals surface area (Å²) in [6.45, 7) is 7.13. The van der Waals surface area contributed by atoms with Gasteiger partial charge in [0.15, 0.2) is 9.84 Å². The lowest BCUT2D eigenvalue weighted by atomic mass is 9.79. The average molecular weight is 436 g/mol.